The minimum Gasteiger partial charge on any atom is -0.225 e. The third kappa shape index (κ3) is 7.48. The van der Waals surface area contributed by atoms with E-state index in [1.165, 1.54) is 61.7 Å². The molecule has 0 fully saturated rings. The molecule has 0 unspecified atom stereocenters. The molecule has 244 valence electrons. The molecule has 0 N–H and O–H groups in total. The van der Waals surface area contributed by atoms with Gasteiger partial charge in [-0.1, -0.05) is 48.2 Å². The van der Waals surface area contributed by atoms with Crippen LogP contribution in [-0.4, -0.2) is 59.8 Å². The number of hydrogen-bond donors (Lipinski definition) is 0. The molecule has 4 aromatic carbocycles. The molecule has 0 aliphatic rings. The van der Waals surface area contributed by atoms with Gasteiger partial charge in [-0.15, -0.1) is 0 Å². The third-order valence-electron chi connectivity index (χ3n) is 7.95. The van der Waals surface area contributed by atoms with Crippen molar-refractivity contribution in [2.45, 2.75) is 22.6 Å². The van der Waals surface area contributed by atoms with Gasteiger partial charge in [0.2, 0.25) is 0 Å². The van der Waals surface area contributed by atoms with Crippen molar-refractivity contribution in [3.05, 3.63) is 158 Å². The predicted molar refractivity (Wildman–Crippen MR) is 191 cm³/mol. The molecule has 4 heterocycles. The van der Waals surface area contributed by atoms with Crippen LogP contribution in [0.25, 0.3) is 45.6 Å². The molecule has 0 radical (unpaired) electrons. The van der Waals surface area contributed by atoms with Gasteiger partial charge in [-0.3, -0.25) is 0 Å². The molecule has 0 atom stereocenters. The highest BCUT2D eigenvalue weighted by atomic mass is 32.2. The zero-order valence-corrected chi connectivity index (χ0v) is 27.7. The fourth-order valence-electron chi connectivity index (χ4n) is 5.71. The summed E-state index contributed by atoms with van der Waals surface area (Å²) in [6.45, 7) is 0. The molecule has 0 saturated heterocycles. The monoisotopic (exact) mass is 682 g/mol. The van der Waals surface area contributed by atoms with Crippen molar-refractivity contribution in [2.24, 2.45) is 0 Å². The van der Waals surface area contributed by atoms with Gasteiger partial charge in [-0.05, 0) is 83.6 Å². The lowest BCUT2D eigenvalue weighted by molar-refractivity contribution is 1.04. The number of benzene rings is 4. The minimum absolute atomic E-state index is 0.581. The standard InChI is InChI=1S/C38H26N12S/c1-3-7-33(27(5-1)9-25-11-29(35-43-17-39-18-44-35)15-30(12-25)36-45-19-40-20-46-36)51-34-8-4-2-6-28(34)10-26-13-31(37-47-21-41-22-48-37)16-32(14-26)38-49-23-42-24-50-38/h1-8,11-24H,9-10H2. The summed E-state index contributed by atoms with van der Waals surface area (Å²) in [5.74, 6) is 2.32. The van der Waals surface area contributed by atoms with Crippen molar-refractivity contribution >= 4 is 11.8 Å². The molecule has 4 aromatic heterocycles. The highest BCUT2D eigenvalue weighted by Gasteiger charge is 2.15. The van der Waals surface area contributed by atoms with Crippen molar-refractivity contribution in [1.82, 2.24) is 59.8 Å². The molecule has 8 aromatic rings. The summed E-state index contributed by atoms with van der Waals surface area (Å²) < 4.78 is 0. The van der Waals surface area contributed by atoms with Crippen molar-refractivity contribution < 1.29 is 0 Å². The normalized spacial score (nSPS) is 11.0. The number of hydrogen-bond acceptors (Lipinski definition) is 13. The maximum atomic E-state index is 4.40. The smallest absolute Gasteiger partial charge is 0.162 e. The lowest BCUT2D eigenvalue weighted by Gasteiger charge is -2.15. The Bertz CT molecular complexity index is 2120. The molecule has 0 amide bonds. The molecule has 0 bridgehead atoms. The summed E-state index contributed by atoms with van der Waals surface area (Å²) in [4.78, 5) is 53.4. The Morgan fingerprint density at radius 1 is 0.353 bits per heavy atom. The number of aromatic nitrogens is 12. The fraction of sp³-hybridized carbons (Fsp3) is 0.0526. The molecule has 0 spiro atoms. The summed E-state index contributed by atoms with van der Waals surface area (Å²) >= 11 is 1.75. The van der Waals surface area contributed by atoms with Crippen LogP contribution in [0.4, 0.5) is 0 Å². The van der Waals surface area contributed by atoms with Crippen LogP contribution in [0.3, 0.4) is 0 Å². The largest absolute Gasteiger partial charge is 0.225 e. The third-order valence-corrected chi connectivity index (χ3v) is 9.18. The Kier molecular flexibility index (Phi) is 9.15. The highest BCUT2D eigenvalue weighted by Crippen LogP contribution is 2.36. The maximum Gasteiger partial charge on any atom is 0.162 e. The molecular weight excluding hydrogens is 657 g/mol. The van der Waals surface area contributed by atoms with E-state index in [0.717, 1.165) is 43.2 Å². The van der Waals surface area contributed by atoms with Gasteiger partial charge in [0.25, 0.3) is 0 Å². The molecule has 0 saturated carbocycles. The molecule has 0 aliphatic carbocycles. The van der Waals surface area contributed by atoms with Crippen molar-refractivity contribution in [3.63, 3.8) is 0 Å². The zero-order valence-electron chi connectivity index (χ0n) is 26.9. The molecule has 0 aliphatic heterocycles. The Morgan fingerprint density at radius 2 is 0.647 bits per heavy atom. The van der Waals surface area contributed by atoms with Gasteiger partial charge in [0.05, 0.1) is 0 Å². The first-order valence-corrected chi connectivity index (χ1v) is 16.7. The summed E-state index contributed by atoms with van der Waals surface area (Å²) in [6, 6.07) is 29.4. The summed E-state index contributed by atoms with van der Waals surface area (Å²) in [5.41, 5.74) is 7.94. The number of nitrogens with zero attached hydrogens (tertiary/aromatic N) is 12. The Balaban J connectivity index is 1.12. The second kappa shape index (κ2) is 14.8. The van der Waals surface area contributed by atoms with Crippen molar-refractivity contribution in [2.75, 3.05) is 0 Å². The van der Waals surface area contributed by atoms with Crippen LogP contribution in [-0.2, 0) is 12.8 Å². The van der Waals surface area contributed by atoms with E-state index < -0.39 is 0 Å². The second-order valence-electron chi connectivity index (χ2n) is 11.4. The van der Waals surface area contributed by atoms with Gasteiger partial charge >= 0.3 is 0 Å². The van der Waals surface area contributed by atoms with E-state index in [-0.39, 0.29) is 0 Å². The topological polar surface area (TPSA) is 155 Å². The first kappa shape index (κ1) is 31.5. The van der Waals surface area contributed by atoms with Gasteiger partial charge in [0, 0.05) is 32.0 Å². The lowest BCUT2D eigenvalue weighted by Crippen LogP contribution is -1.98. The van der Waals surface area contributed by atoms with E-state index >= 15 is 0 Å². The van der Waals surface area contributed by atoms with Crippen molar-refractivity contribution in [3.8, 4) is 45.6 Å². The van der Waals surface area contributed by atoms with E-state index in [1.807, 2.05) is 12.1 Å². The Labute approximate surface area is 296 Å². The first-order chi connectivity index (χ1) is 25.2. The summed E-state index contributed by atoms with van der Waals surface area (Å²) in [7, 11) is 0. The van der Waals surface area contributed by atoms with Gasteiger partial charge in [-0.2, -0.15) is 0 Å². The van der Waals surface area contributed by atoms with E-state index in [4.69, 9.17) is 0 Å². The van der Waals surface area contributed by atoms with Gasteiger partial charge < -0.3 is 0 Å². The molecule has 8 rings (SSSR count). The SMILES string of the molecule is c1ccc(Sc2ccccc2Cc2cc(-c3ncncn3)cc(-c3ncncn3)c2)c(Cc2cc(-c3ncncn3)cc(-c3ncncn3)c2)c1. The molecule has 13 heteroatoms. The van der Waals surface area contributed by atoms with Crippen molar-refractivity contribution in [1.29, 1.82) is 0 Å². The minimum atomic E-state index is 0.581. The van der Waals surface area contributed by atoms with E-state index in [0.29, 0.717) is 36.1 Å². The average molecular weight is 683 g/mol. The van der Waals surface area contributed by atoms with E-state index in [1.54, 1.807) is 11.8 Å². The van der Waals surface area contributed by atoms with E-state index in [9.17, 15) is 0 Å². The van der Waals surface area contributed by atoms with Crippen LogP contribution in [0.15, 0.2) is 145 Å². The Morgan fingerprint density at radius 3 is 0.961 bits per heavy atom. The van der Waals surface area contributed by atoms with E-state index in [2.05, 4.69) is 133 Å². The first-order valence-electron chi connectivity index (χ1n) is 15.9. The lowest BCUT2D eigenvalue weighted by atomic mass is 9.99. The summed E-state index contributed by atoms with van der Waals surface area (Å²) in [6.07, 6.45) is 13.3. The van der Waals surface area contributed by atoms with Gasteiger partial charge in [-0.25, -0.2) is 59.8 Å². The molecular formula is C38H26N12S. The van der Waals surface area contributed by atoms with Gasteiger partial charge in [0.1, 0.15) is 50.6 Å². The van der Waals surface area contributed by atoms with Crippen LogP contribution in [0.2, 0.25) is 0 Å². The highest BCUT2D eigenvalue weighted by molar-refractivity contribution is 7.99. The van der Waals surface area contributed by atoms with Crippen LogP contribution < -0.4 is 0 Å². The second-order valence-corrected chi connectivity index (χ2v) is 12.4. The average Bonchev–Trinajstić information content (AvgIpc) is 3.20. The number of rotatable bonds is 10. The van der Waals surface area contributed by atoms with Crippen LogP contribution in [0, 0.1) is 0 Å². The fourth-order valence-corrected chi connectivity index (χ4v) is 6.79. The van der Waals surface area contributed by atoms with Gasteiger partial charge in [0.15, 0.2) is 23.3 Å². The molecule has 12 nitrogen and oxygen atoms in total. The van der Waals surface area contributed by atoms with Crippen LogP contribution in [0.1, 0.15) is 22.3 Å². The van der Waals surface area contributed by atoms with Crippen LogP contribution in [0.5, 0.6) is 0 Å². The zero-order chi connectivity index (χ0) is 34.2. The Hall–Kier alpha value is -6.73. The molecule has 51 heavy (non-hydrogen) atoms. The maximum absolute atomic E-state index is 4.40. The quantitative estimate of drug-likeness (QED) is 0.156. The van der Waals surface area contributed by atoms with Crippen LogP contribution >= 0.6 is 11.8 Å². The predicted octanol–water partition coefficient (Wildman–Crippen LogP) is 6.43. The summed E-state index contributed by atoms with van der Waals surface area (Å²) in [5, 5.41) is 0.